The van der Waals surface area contributed by atoms with Crippen molar-refractivity contribution < 1.29 is 19.0 Å². The van der Waals surface area contributed by atoms with Gasteiger partial charge >= 0.3 is 0 Å². The van der Waals surface area contributed by atoms with Gasteiger partial charge in [-0.05, 0) is 29.3 Å². The molecule has 8 nitrogen and oxygen atoms in total. The van der Waals surface area contributed by atoms with Crippen LogP contribution in [-0.4, -0.2) is 34.6 Å². The lowest BCUT2D eigenvalue weighted by Gasteiger charge is -2.11. The summed E-state index contributed by atoms with van der Waals surface area (Å²) in [5.74, 6) is 2.61. The lowest BCUT2D eigenvalue weighted by Crippen LogP contribution is -2.23. The van der Waals surface area contributed by atoms with Gasteiger partial charge in [-0.25, -0.2) is 0 Å². The van der Waals surface area contributed by atoms with E-state index in [4.69, 9.17) is 14.2 Å². The largest absolute Gasteiger partial charge is 0.454 e. The van der Waals surface area contributed by atoms with E-state index >= 15 is 0 Å². The van der Waals surface area contributed by atoms with E-state index in [2.05, 4.69) is 22.1 Å². The summed E-state index contributed by atoms with van der Waals surface area (Å²) in [7, 11) is 1.62. The maximum atomic E-state index is 12.9. The second-order valence-electron chi connectivity index (χ2n) is 7.05. The number of amides is 1. The van der Waals surface area contributed by atoms with Gasteiger partial charge in [0, 0.05) is 31.5 Å². The molecular weight excluding hydrogens is 428 g/mol. The first-order valence-electron chi connectivity index (χ1n) is 10.1. The number of methoxy groups -OCH3 is 1. The maximum absolute atomic E-state index is 12.9. The molecule has 1 aliphatic heterocycles. The van der Waals surface area contributed by atoms with Crippen LogP contribution in [0.1, 0.15) is 27.3 Å². The highest BCUT2D eigenvalue weighted by Gasteiger charge is 2.16. The number of hydrogen-bond acceptors (Lipinski definition) is 7. The van der Waals surface area contributed by atoms with Crippen LogP contribution in [0, 0.1) is 0 Å². The average Bonchev–Trinajstić information content (AvgIpc) is 3.43. The maximum Gasteiger partial charge on any atom is 0.251 e. The van der Waals surface area contributed by atoms with Crippen molar-refractivity contribution in [1.29, 1.82) is 0 Å². The standard InChI is InChI=1S/C23H24N4O4S/c1-3-10-27-21(13-29-2)25-26-23(27)32-14-17-6-4-5-7-18(17)22(28)24-12-16-8-9-19-20(11-16)31-15-30-19/h3-9,11H,1,10,12-15H2,2H3,(H,24,28). The van der Waals surface area contributed by atoms with Crippen LogP contribution in [0.25, 0.3) is 0 Å². The van der Waals surface area contributed by atoms with Crippen LogP contribution in [0.4, 0.5) is 0 Å². The molecule has 0 radical (unpaired) electrons. The van der Waals surface area contributed by atoms with Crippen LogP contribution < -0.4 is 14.8 Å². The first-order chi connectivity index (χ1) is 15.7. The number of thioether (sulfide) groups is 1. The van der Waals surface area contributed by atoms with Gasteiger partial charge in [0.15, 0.2) is 22.5 Å². The van der Waals surface area contributed by atoms with Gasteiger partial charge in [0.05, 0.1) is 0 Å². The summed E-state index contributed by atoms with van der Waals surface area (Å²) in [6.07, 6.45) is 1.80. The summed E-state index contributed by atoms with van der Waals surface area (Å²) in [4.78, 5) is 12.9. The zero-order valence-electron chi connectivity index (χ0n) is 17.7. The van der Waals surface area contributed by atoms with Crippen LogP contribution in [-0.2, 0) is 30.2 Å². The van der Waals surface area contributed by atoms with Crippen molar-refractivity contribution in [3.8, 4) is 11.5 Å². The summed E-state index contributed by atoms with van der Waals surface area (Å²) >= 11 is 1.52. The molecule has 166 valence electrons. The number of hydrogen-bond donors (Lipinski definition) is 1. The van der Waals surface area contributed by atoms with Gasteiger partial charge in [0.2, 0.25) is 6.79 Å². The van der Waals surface area contributed by atoms with Crippen molar-refractivity contribution >= 4 is 17.7 Å². The number of carbonyl (C=O) groups excluding carboxylic acids is 1. The summed E-state index contributed by atoms with van der Waals surface area (Å²) in [6.45, 7) is 5.39. The number of nitrogens with one attached hydrogen (secondary N) is 1. The highest BCUT2D eigenvalue weighted by molar-refractivity contribution is 7.98. The highest BCUT2D eigenvalue weighted by Crippen LogP contribution is 2.32. The molecule has 1 N–H and O–H groups in total. The number of aromatic nitrogens is 3. The monoisotopic (exact) mass is 452 g/mol. The Labute approximate surface area is 190 Å². The first-order valence-corrected chi connectivity index (χ1v) is 11.1. The number of allylic oxidation sites excluding steroid dienone is 1. The molecule has 0 bridgehead atoms. The molecule has 1 aliphatic rings. The molecule has 0 saturated carbocycles. The van der Waals surface area contributed by atoms with Crippen LogP contribution in [0.3, 0.4) is 0 Å². The Morgan fingerprint density at radius 2 is 2.09 bits per heavy atom. The van der Waals surface area contributed by atoms with Crippen LogP contribution >= 0.6 is 11.8 Å². The minimum Gasteiger partial charge on any atom is -0.454 e. The molecule has 0 unspecified atom stereocenters. The van der Waals surface area contributed by atoms with Gasteiger partial charge in [-0.2, -0.15) is 0 Å². The molecule has 4 rings (SSSR count). The lowest BCUT2D eigenvalue weighted by atomic mass is 10.1. The Hall–Kier alpha value is -3.30. The number of fused-ring (bicyclic) bond motifs is 1. The van der Waals surface area contributed by atoms with Crippen molar-refractivity contribution in [3.05, 3.63) is 77.6 Å². The molecule has 0 saturated heterocycles. The minimum absolute atomic E-state index is 0.133. The van der Waals surface area contributed by atoms with E-state index in [0.29, 0.717) is 36.8 Å². The molecule has 3 aromatic rings. The third kappa shape index (κ3) is 4.95. The second kappa shape index (κ2) is 10.3. The smallest absolute Gasteiger partial charge is 0.251 e. The van der Waals surface area contributed by atoms with E-state index in [1.165, 1.54) is 11.8 Å². The SMILES string of the molecule is C=CCn1c(COC)nnc1SCc1ccccc1C(=O)NCc1ccc2c(c1)OCO2. The normalized spacial score (nSPS) is 12.0. The molecular formula is C23H24N4O4S. The van der Waals surface area contributed by atoms with Crippen molar-refractivity contribution in [3.63, 3.8) is 0 Å². The van der Waals surface area contributed by atoms with Gasteiger partial charge in [0.25, 0.3) is 5.91 Å². The van der Waals surface area contributed by atoms with Crippen molar-refractivity contribution in [2.24, 2.45) is 0 Å². The van der Waals surface area contributed by atoms with E-state index in [-0.39, 0.29) is 12.7 Å². The third-order valence-electron chi connectivity index (χ3n) is 4.89. The van der Waals surface area contributed by atoms with Crippen molar-refractivity contribution in [2.75, 3.05) is 13.9 Å². The number of nitrogens with zero attached hydrogens (tertiary/aromatic N) is 3. The van der Waals surface area contributed by atoms with Crippen LogP contribution in [0.5, 0.6) is 11.5 Å². The molecule has 2 heterocycles. The Balaban J connectivity index is 1.42. The number of ether oxygens (including phenoxy) is 3. The first kappa shape index (κ1) is 21.9. The second-order valence-corrected chi connectivity index (χ2v) is 7.99. The van der Waals surface area contributed by atoms with Gasteiger partial charge in [-0.1, -0.05) is 42.1 Å². The fourth-order valence-corrected chi connectivity index (χ4v) is 4.28. The Morgan fingerprint density at radius 1 is 1.25 bits per heavy atom. The average molecular weight is 453 g/mol. The molecule has 1 aromatic heterocycles. The Bertz CT molecular complexity index is 1120. The van der Waals surface area contributed by atoms with Gasteiger partial charge < -0.3 is 24.1 Å². The van der Waals surface area contributed by atoms with Crippen LogP contribution in [0.2, 0.25) is 0 Å². The minimum atomic E-state index is -0.133. The molecule has 2 aromatic carbocycles. The Morgan fingerprint density at radius 3 is 2.94 bits per heavy atom. The van der Waals surface area contributed by atoms with E-state index in [1.807, 2.05) is 47.0 Å². The zero-order chi connectivity index (χ0) is 22.3. The zero-order valence-corrected chi connectivity index (χ0v) is 18.6. The van der Waals surface area contributed by atoms with Crippen LogP contribution in [0.15, 0.2) is 60.3 Å². The third-order valence-corrected chi connectivity index (χ3v) is 5.90. The lowest BCUT2D eigenvalue weighted by molar-refractivity contribution is 0.0950. The topological polar surface area (TPSA) is 87.5 Å². The van der Waals surface area contributed by atoms with E-state index < -0.39 is 0 Å². The fourth-order valence-electron chi connectivity index (χ4n) is 3.31. The summed E-state index contributed by atoms with van der Waals surface area (Å²) < 4.78 is 17.9. The Kier molecular flexibility index (Phi) is 7.08. The molecule has 1 amide bonds. The molecule has 0 spiro atoms. The molecule has 0 fully saturated rings. The predicted molar refractivity (Wildman–Crippen MR) is 121 cm³/mol. The molecule has 0 atom stereocenters. The van der Waals surface area contributed by atoms with E-state index in [9.17, 15) is 4.79 Å². The predicted octanol–water partition coefficient (Wildman–Crippen LogP) is 3.56. The van der Waals surface area contributed by atoms with Gasteiger partial charge in [-0.15, -0.1) is 16.8 Å². The summed E-state index contributed by atoms with van der Waals surface area (Å²) in [6, 6.07) is 13.2. The summed E-state index contributed by atoms with van der Waals surface area (Å²) in [5, 5.41) is 12.2. The van der Waals surface area contributed by atoms with Crippen molar-refractivity contribution in [1.82, 2.24) is 20.1 Å². The van der Waals surface area contributed by atoms with Crippen molar-refractivity contribution in [2.45, 2.75) is 30.6 Å². The highest BCUT2D eigenvalue weighted by atomic mass is 32.2. The van der Waals surface area contributed by atoms with Gasteiger partial charge in [0.1, 0.15) is 6.61 Å². The number of rotatable bonds is 10. The fraction of sp³-hybridized carbons (Fsp3) is 0.261. The molecule has 0 aliphatic carbocycles. The molecule has 9 heteroatoms. The van der Waals surface area contributed by atoms with Gasteiger partial charge in [-0.3, -0.25) is 4.79 Å². The summed E-state index contributed by atoms with van der Waals surface area (Å²) in [5.41, 5.74) is 2.49. The number of carbonyl (C=O) groups is 1. The molecule has 32 heavy (non-hydrogen) atoms. The van der Waals surface area contributed by atoms with E-state index in [0.717, 1.165) is 27.9 Å². The number of benzene rings is 2. The van der Waals surface area contributed by atoms with E-state index in [1.54, 1.807) is 13.2 Å². The quantitative estimate of drug-likeness (QED) is 0.372.